The molecule has 1 saturated heterocycles. The Hall–Kier alpha value is -2.51. The third-order valence-corrected chi connectivity index (χ3v) is 5.56. The summed E-state index contributed by atoms with van der Waals surface area (Å²) in [5.74, 6) is 2.76. The highest BCUT2D eigenvalue weighted by atomic mass is 16.7. The molecule has 1 unspecified atom stereocenters. The highest BCUT2D eigenvalue weighted by Crippen LogP contribution is 2.32. The van der Waals surface area contributed by atoms with Gasteiger partial charge in [0.15, 0.2) is 17.3 Å². The Bertz CT molecular complexity index is 842. The summed E-state index contributed by atoms with van der Waals surface area (Å²) in [5.41, 5.74) is 1.24. The van der Waals surface area contributed by atoms with Gasteiger partial charge in [-0.3, -0.25) is 14.6 Å². The first kappa shape index (κ1) is 19.8. The van der Waals surface area contributed by atoms with Gasteiger partial charge in [-0.15, -0.1) is 0 Å². The maximum absolute atomic E-state index is 12.2. The smallest absolute Gasteiger partial charge is 0.287 e. The number of hydrogen-bond acceptors (Lipinski definition) is 6. The lowest BCUT2D eigenvalue weighted by molar-refractivity contribution is 0.0901. The summed E-state index contributed by atoms with van der Waals surface area (Å²) in [6.45, 7) is 9.92. The molecule has 0 bridgehead atoms. The summed E-state index contributed by atoms with van der Waals surface area (Å²) in [5, 5.41) is 2.94. The van der Waals surface area contributed by atoms with Crippen molar-refractivity contribution < 1.29 is 18.7 Å². The van der Waals surface area contributed by atoms with Crippen molar-refractivity contribution in [3.63, 3.8) is 0 Å². The molecule has 1 amide bonds. The molecule has 4 rings (SSSR count). The first-order valence-corrected chi connectivity index (χ1v) is 10.3. The maximum atomic E-state index is 12.2. The molecular weight excluding hydrogens is 370 g/mol. The van der Waals surface area contributed by atoms with Crippen molar-refractivity contribution in [1.82, 2.24) is 15.1 Å². The molecule has 1 atom stereocenters. The van der Waals surface area contributed by atoms with Crippen LogP contribution in [0, 0.1) is 0 Å². The van der Waals surface area contributed by atoms with Crippen LogP contribution in [0.5, 0.6) is 11.5 Å². The number of piperazine rings is 1. The van der Waals surface area contributed by atoms with Gasteiger partial charge in [0.25, 0.3) is 5.91 Å². The average Bonchev–Trinajstić information content (AvgIpc) is 3.38. The maximum Gasteiger partial charge on any atom is 0.287 e. The first-order valence-electron chi connectivity index (χ1n) is 10.3. The van der Waals surface area contributed by atoms with Gasteiger partial charge in [0, 0.05) is 38.8 Å². The molecule has 0 saturated carbocycles. The number of hydrogen-bond donors (Lipinski definition) is 1. The molecule has 2 aliphatic heterocycles. The van der Waals surface area contributed by atoms with Crippen LogP contribution < -0.4 is 14.8 Å². The quantitative estimate of drug-likeness (QED) is 0.772. The van der Waals surface area contributed by atoms with Gasteiger partial charge in [-0.05, 0) is 43.2 Å². The Morgan fingerprint density at radius 1 is 1.03 bits per heavy atom. The van der Waals surface area contributed by atoms with Crippen LogP contribution in [0.2, 0.25) is 0 Å². The Kier molecular flexibility index (Phi) is 6.06. The Morgan fingerprint density at radius 2 is 1.76 bits per heavy atom. The fraction of sp³-hybridized carbons (Fsp3) is 0.500. The van der Waals surface area contributed by atoms with E-state index >= 15 is 0 Å². The van der Waals surface area contributed by atoms with Gasteiger partial charge < -0.3 is 19.2 Å². The second kappa shape index (κ2) is 8.88. The lowest BCUT2D eigenvalue weighted by atomic mass is 10.1. The van der Waals surface area contributed by atoms with Crippen molar-refractivity contribution in [1.29, 1.82) is 0 Å². The van der Waals surface area contributed by atoms with E-state index in [0.717, 1.165) is 62.9 Å². The zero-order valence-corrected chi connectivity index (χ0v) is 17.1. The predicted molar refractivity (Wildman–Crippen MR) is 109 cm³/mol. The van der Waals surface area contributed by atoms with Crippen LogP contribution in [-0.2, 0) is 13.1 Å². The van der Waals surface area contributed by atoms with Crippen molar-refractivity contribution >= 4 is 5.91 Å². The molecule has 156 valence electrons. The normalized spacial score (nSPS) is 18.0. The van der Waals surface area contributed by atoms with Crippen molar-refractivity contribution in [2.45, 2.75) is 39.4 Å². The molecule has 7 heteroatoms. The van der Waals surface area contributed by atoms with Crippen molar-refractivity contribution in [2.75, 3.05) is 33.0 Å². The molecule has 3 heterocycles. The molecule has 1 aromatic carbocycles. The summed E-state index contributed by atoms with van der Waals surface area (Å²) in [7, 11) is 0. The fourth-order valence-electron chi connectivity index (χ4n) is 3.61. The lowest BCUT2D eigenvalue weighted by Crippen LogP contribution is -2.45. The number of nitrogens with one attached hydrogen (secondary N) is 1. The van der Waals surface area contributed by atoms with Gasteiger partial charge in [0.1, 0.15) is 5.76 Å². The SMILES string of the molecule is CCC(C)NC(=O)c1ccc(CN2CCN(Cc3ccc4c(c3)OCO4)CC2)o1. The molecule has 1 N–H and O–H groups in total. The van der Waals surface area contributed by atoms with Gasteiger partial charge in [0.2, 0.25) is 6.79 Å². The van der Waals surface area contributed by atoms with Crippen LogP contribution in [0.15, 0.2) is 34.7 Å². The number of carbonyl (C=O) groups excluding carboxylic acids is 1. The predicted octanol–water partition coefficient (Wildman–Crippen LogP) is 2.85. The molecule has 0 aliphatic carbocycles. The minimum Gasteiger partial charge on any atom is -0.455 e. The number of fused-ring (bicyclic) bond motifs is 1. The number of benzene rings is 1. The zero-order valence-electron chi connectivity index (χ0n) is 17.1. The van der Waals surface area contributed by atoms with Crippen LogP contribution in [0.25, 0.3) is 0 Å². The molecule has 0 spiro atoms. The number of amides is 1. The topological polar surface area (TPSA) is 67.2 Å². The van der Waals surface area contributed by atoms with E-state index in [-0.39, 0.29) is 11.9 Å². The van der Waals surface area contributed by atoms with Gasteiger partial charge in [-0.25, -0.2) is 0 Å². The van der Waals surface area contributed by atoms with E-state index in [1.807, 2.05) is 26.0 Å². The molecule has 2 aromatic rings. The zero-order chi connectivity index (χ0) is 20.2. The third kappa shape index (κ3) is 4.92. The van der Waals surface area contributed by atoms with E-state index in [2.05, 4.69) is 27.2 Å². The van der Waals surface area contributed by atoms with Crippen LogP contribution in [0.1, 0.15) is 42.1 Å². The van der Waals surface area contributed by atoms with Crippen LogP contribution in [-0.4, -0.2) is 54.7 Å². The number of nitrogens with zero attached hydrogens (tertiary/aromatic N) is 2. The van der Waals surface area contributed by atoms with Crippen molar-refractivity contribution in [3.8, 4) is 11.5 Å². The summed E-state index contributed by atoms with van der Waals surface area (Å²) < 4.78 is 16.6. The standard InChI is InChI=1S/C22H29N3O4/c1-3-16(2)23-22(26)20-7-5-18(29-20)14-25-10-8-24(9-11-25)13-17-4-6-19-21(12-17)28-15-27-19/h4-7,12,16H,3,8-11,13-15H2,1-2H3,(H,23,26). The van der Waals surface area contributed by atoms with E-state index in [4.69, 9.17) is 13.9 Å². The second-order valence-electron chi connectivity index (χ2n) is 7.79. The van der Waals surface area contributed by atoms with E-state index < -0.39 is 0 Å². The summed E-state index contributed by atoms with van der Waals surface area (Å²) in [6.07, 6.45) is 0.899. The number of carbonyl (C=O) groups is 1. The minimum atomic E-state index is -0.140. The van der Waals surface area contributed by atoms with Crippen molar-refractivity contribution in [3.05, 3.63) is 47.4 Å². The number of furan rings is 1. The van der Waals surface area contributed by atoms with Crippen LogP contribution in [0.3, 0.4) is 0 Å². The Morgan fingerprint density at radius 3 is 2.52 bits per heavy atom. The largest absolute Gasteiger partial charge is 0.455 e. The Balaban J connectivity index is 1.24. The fourth-order valence-corrected chi connectivity index (χ4v) is 3.61. The van der Waals surface area contributed by atoms with E-state index in [1.165, 1.54) is 5.56 Å². The highest BCUT2D eigenvalue weighted by Gasteiger charge is 2.20. The van der Waals surface area contributed by atoms with E-state index in [1.54, 1.807) is 6.07 Å². The summed E-state index contributed by atoms with van der Waals surface area (Å²) in [4.78, 5) is 17.0. The molecule has 1 aromatic heterocycles. The van der Waals surface area contributed by atoms with Crippen LogP contribution in [0.4, 0.5) is 0 Å². The molecule has 7 nitrogen and oxygen atoms in total. The summed E-state index contributed by atoms with van der Waals surface area (Å²) in [6, 6.07) is 9.99. The third-order valence-electron chi connectivity index (χ3n) is 5.56. The van der Waals surface area contributed by atoms with E-state index in [0.29, 0.717) is 12.6 Å². The van der Waals surface area contributed by atoms with Crippen molar-refractivity contribution in [2.24, 2.45) is 0 Å². The molecule has 0 radical (unpaired) electrons. The highest BCUT2D eigenvalue weighted by molar-refractivity contribution is 5.91. The lowest BCUT2D eigenvalue weighted by Gasteiger charge is -2.34. The molecule has 2 aliphatic rings. The molecule has 29 heavy (non-hydrogen) atoms. The number of rotatable bonds is 7. The van der Waals surface area contributed by atoms with Gasteiger partial charge in [-0.1, -0.05) is 13.0 Å². The van der Waals surface area contributed by atoms with E-state index in [9.17, 15) is 4.79 Å². The number of ether oxygens (including phenoxy) is 2. The molecule has 1 fully saturated rings. The summed E-state index contributed by atoms with van der Waals surface area (Å²) >= 11 is 0. The second-order valence-corrected chi connectivity index (χ2v) is 7.79. The van der Waals surface area contributed by atoms with Gasteiger partial charge in [-0.2, -0.15) is 0 Å². The Labute approximate surface area is 171 Å². The van der Waals surface area contributed by atoms with Gasteiger partial charge in [0.05, 0.1) is 6.54 Å². The first-order chi connectivity index (χ1) is 14.1. The van der Waals surface area contributed by atoms with Gasteiger partial charge >= 0.3 is 0 Å². The molecular formula is C22H29N3O4. The average molecular weight is 399 g/mol. The minimum absolute atomic E-state index is 0.140. The monoisotopic (exact) mass is 399 g/mol. The van der Waals surface area contributed by atoms with Crippen LogP contribution >= 0.6 is 0 Å².